The Hall–Kier alpha value is -4.01. The second kappa shape index (κ2) is 9.64. The van der Waals surface area contributed by atoms with Crippen molar-refractivity contribution in [3.63, 3.8) is 0 Å². The normalized spacial score (nSPS) is 15.6. The summed E-state index contributed by atoms with van der Waals surface area (Å²) in [5, 5.41) is 5.01. The van der Waals surface area contributed by atoms with Crippen LogP contribution in [-0.4, -0.2) is 38.9 Å². The first-order valence-electron chi connectivity index (χ1n) is 10.9. The lowest BCUT2D eigenvalue weighted by Gasteiger charge is -2.17. The summed E-state index contributed by atoms with van der Waals surface area (Å²) in [6.45, 7) is 2.99. The minimum absolute atomic E-state index is 0.0483. The van der Waals surface area contributed by atoms with Crippen molar-refractivity contribution in [1.29, 1.82) is 0 Å². The van der Waals surface area contributed by atoms with Gasteiger partial charge in [0.1, 0.15) is 0 Å². The number of hydrogen-bond acceptors (Lipinski definition) is 5. The van der Waals surface area contributed by atoms with Gasteiger partial charge in [-0.15, -0.1) is 0 Å². The predicted octanol–water partition coefficient (Wildman–Crippen LogP) is 1.62. The molecule has 3 amide bonds. The SMILES string of the molecule is CCCn1nc(C(=O)NNC(=O)[C@@H]2CC(=O)N(Cc3ccccc3)C2)c2ccccc2c1=O. The van der Waals surface area contributed by atoms with Gasteiger partial charge in [-0.1, -0.05) is 55.5 Å². The van der Waals surface area contributed by atoms with Crippen LogP contribution in [0.4, 0.5) is 0 Å². The Morgan fingerprint density at radius 1 is 1.00 bits per heavy atom. The number of nitrogens with zero attached hydrogens (tertiary/aromatic N) is 3. The lowest BCUT2D eigenvalue weighted by molar-refractivity contribution is -0.129. The summed E-state index contributed by atoms with van der Waals surface area (Å²) in [4.78, 5) is 52.0. The molecule has 2 N–H and O–H groups in total. The van der Waals surface area contributed by atoms with Gasteiger partial charge in [0.15, 0.2) is 5.69 Å². The summed E-state index contributed by atoms with van der Waals surface area (Å²) < 4.78 is 1.26. The van der Waals surface area contributed by atoms with E-state index >= 15 is 0 Å². The maximum atomic E-state index is 12.8. The molecular weight excluding hydrogens is 422 g/mol. The number of likely N-dealkylation sites (tertiary alicyclic amines) is 1. The molecule has 1 atom stereocenters. The molecule has 33 heavy (non-hydrogen) atoms. The second-order valence-electron chi connectivity index (χ2n) is 8.03. The van der Waals surface area contributed by atoms with Gasteiger partial charge < -0.3 is 4.90 Å². The summed E-state index contributed by atoms with van der Waals surface area (Å²) in [7, 11) is 0. The number of carbonyl (C=O) groups is 3. The maximum absolute atomic E-state index is 12.8. The van der Waals surface area contributed by atoms with Gasteiger partial charge in [0, 0.05) is 31.4 Å². The fourth-order valence-electron chi connectivity index (χ4n) is 3.95. The largest absolute Gasteiger partial charge is 0.338 e. The summed E-state index contributed by atoms with van der Waals surface area (Å²) in [6, 6.07) is 16.3. The van der Waals surface area contributed by atoms with E-state index in [0.717, 1.165) is 5.56 Å². The molecule has 2 aromatic carbocycles. The first-order valence-corrected chi connectivity index (χ1v) is 10.9. The molecule has 4 rings (SSSR count). The first-order chi connectivity index (χ1) is 16.0. The van der Waals surface area contributed by atoms with Gasteiger partial charge in [-0.25, -0.2) is 4.68 Å². The first kappa shape index (κ1) is 22.2. The number of hydrogen-bond donors (Lipinski definition) is 2. The molecule has 0 spiro atoms. The Balaban J connectivity index is 1.43. The monoisotopic (exact) mass is 447 g/mol. The average molecular weight is 447 g/mol. The van der Waals surface area contributed by atoms with Crippen LogP contribution in [0.5, 0.6) is 0 Å². The fraction of sp³-hybridized carbons (Fsp3) is 0.292. The van der Waals surface area contributed by atoms with E-state index in [9.17, 15) is 19.2 Å². The Kier molecular flexibility index (Phi) is 6.48. The second-order valence-corrected chi connectivity index (χ2v) is 8.03. The van der Waals surface area contributed by atoms with Crippen LogP contribution in [0.2, 0.25) is 0 Å². The molecule has 3 aromatic rings. The number of aryl methyl sites for hydroxylation is 1. The highest BCUT2D eigenvalue weighted by Crippen LogP contribution is 2.20. The van der Waals surface area contributed by atoms with E-state index in [1.807, 2.05) is 37.3 Å². The van der Waals surface area contributed by atoms with Crippen LogP contribution >= 0.6 is 0 Å². The molecule has 1 saturated heterocycles. The smallest absolute Gasteiger partial charge is 0.290 e. The van der Waals surface area contributed by atoms with E-state index in [4.69, 9.17) is 0 Å². The Labute approximate surface area is 190 Å². The van der Waals surface area contributed by atoms with Crippen LogP contribution in [0.3, 0.4) is 0 Å². The number of amides is 3. The molecule has 9 heteroatoms. The van der Waals surface area contributed by atoms with E-state index in [2.05, 4.69) is 16.0 Å². The molecule has 170 valence electrons. The van der Waals surface area contributed by atoms with Crippen molar-refractivity contribution in [2.45, 2.75) is 32.9 Å². The zero-order chi connectivity index (χ0) is 23.4. The lowest BCUT2D eigenvalue weighted by atomic mass is 10.1. The number of nitrogens with one attached hydrogen (secondary N) is 2. The van der Waals surface area contributed by atoms with Gasteiger partial charge >= 0.3 is 0 Å². The third-order valence-electron chi connectivity index (χ3n) is 5.62. The molecule has 0 radical (unpaired) electrons. The lowest BCUT2D eigenvalue weighted by Crippen LogP contribution is -2.45. The van der Waals surface area contributed by atoms with Gasteiger partial charge in [0.25, 0.3) is 11.5 Å². The molecule has 1 aliphatic heterocycles. The van der Waals surface area contributed by atoms with Crippen molar-refractivity contribution in [2.75, 3.05) is 6.54 Å². The Morgan fingerprint density at radius 2 is 1.70 bits per heavy atom. The topological polar surface area (TPSA) is 113 Å². The van der Waals surface area contributed by atoms with Crippen molar-refractivity contribution in [3.8, 4) is 0 Å². The molecule has 1 fully saturated rings. The summed E-state index contributed by atoms with van der Waals surface area (Å²) in [6.07, 6.45) is 0.759. The van der Waals surface area contributed by atoms with Crippen LogP contribution in [0.15, 0.2) is 59.4 Å². The standard InChI is InChI=1S/C24H25N5O4/c1-2-12-29-24(33)19-11-7-6-10-18(19)21(27-29)23(32)26-25-22(31)17-13-20(30)28(15-17)14-16-8-4-3-5-9-16/h3-11,17H,2,12-15H2,1H3,(H,25,31)(H,26,32)/t17-/m1/s1. The molecule has 0 aliphatic carbocycles. The molecule has 0 unspecified atom stereocenters. The summed E-state index contributed by atoms with van der Waals surface area (Å²) >= 11 is 0. The highest BCUT2D eigenvalue weighted by Gasteiger charge is 2.34. The van der Waals surface area contributed by atoms with E-state index in [1.54, 1.807) is 29.2 Å². The van der Waals surface area contributed by atoms with Gasteiger partial charge in [-0.05, 0) is 18.1 Å². The number of fused-ring (bicyclic) bond motifs is 1. The number of hydrazine groups is 1. The van der Waals surface area contributed by atoms with Crippen molar-refractivity contribution in [1.82, 2.24) is 25.5 Å². The van der Waals surface area contributed by atoms with Gasteiger partial charge in [-0.3, -0.25) is 30.0 Å². The van der Waals surface area contributed by atoms with Gasteiger partial charge in [-0.2, -0.15) is 5.10 Å². The number of carbonyl (C=O) groups excluding carboxylic acids is 3. The maximum Gasteiger partial charge on any atom is 0.290 e. The quantitative estimate of drug-likeness (QED) is 0.558. The van der Waals surface area contributed by atoms with E-state index in [0.29, 0.717) is 30.3 Å². The summed E-state index contributed by atoms with van der Waals surface area (Å²) in [5.74, 6) is -1.75. The molecule has 0 saturated carbocycles. The Morgan fingerprint density at radius 3 is 2.42 bits per heavy atom. The number of rotatable bonds is 6. The average Bonchev–Trinajstić information content (AvgIpc) is 3.20. The number of aromatic nitrogens is 2. The zero-order valence-corrected chi connectivity index (χ0v) is 18.3. The van der Waals surface area contributed by atoms with Crippen LogP contribution in [0.25, 0.3) is 10.8 Å². The van der Waals surface area contributed by atoms with Crippen LogP contribution in [0.1, 0.15) is 35.8 Å². The summed E-state index contributed by atoms with van der Waals surface area (Å²) in [5.41, 5.74) is 5.57. The fourth-order valence-corrected chi connectivity index (χ4v) is 3.95. The minimum Gasteiger partial charge on any atom is -0.338 e. The Bertz CT molecular complexity index is 1250. The van der Waals surface area contributed by atoms with Crippen LogP contribution in [-0.2, 0) is 22.7 Å². The molecule has 9 nitrogen and oxygen atoms in total. The third kappa shape index (κ3) is 4.77. The van der Waals surface area contributed by atoms with Crippen molar-refractivity contribution < 1.29 is 14.4 Å². The van der Waals surface area contributed by atoms with Gasteiger partial charge in [0.2, 0.25) is 11.8 Å². The van der Waals surface area contributed by atoms with E-state index in [1.165, 1.54) is 4.68 Å². The highest BCUT2D eigenvalue weighted by atomic mass is 16.2. The molecular formula is C24H25N5O4. The van der Waals surface area contributed by atoms with Crippen molar-refractivity contribution >= 4 is 28.5 Å². The molecule has 2 heterocycles. The van der Waals surface area contributed by atoms with E-state index < -0.39 is 17.7 Å². The van der Waals surface area contributed by atoms with Crippen LogP contribution < -0.4 is 16.4 Å². The molecule has 1 aromatic heterocycles. The zero-order valence-electron chi connectivity index (χ0n) is 18.3. The van der Waals surface area contributed by atoms with Crippen molar-refractivity contribution in [3.05, 3.63) is 76.2 Å². The van der Waals surface area contributed by atoms with Crippen molar-refractivity contribution in [2.24, 2.45) is 5.92 Å². The predicted molar refractivity (Wildman–Crippen MR) is 122 cm³/mol. The number of benzene rings is 2. The van der Waals surface area contributed by atoms with Crippen LogP contribution in [0, 0.1) is 5.92 Å². The van der Waals surface area contributed by atoms with E-state index in [-0.39, 0.29) is 30.1 Å². The van der Waals surface area contributed by atoms with Gasteiger partial charge in [0.05, 0.1) is 11.3 Å². The molecule has 0 bridgehead atoms. The minimum atomic E-state index is -0.630. The molecule has 1 aliphatic rings. The highest BCUT2D eigenvalue weighted by molar-refractivity contribution is 6.05. The third-order valence-corrected chi connectivity index (χ3v) is 5.62.